The molecule has 0 aliphatic carbocycles. The molecule has 7 heteroatoms. The summed E-state index contributed by atoms with van der Waals surface area (Å²) < 4.78 is 1.61. The summed E-state index contributed by atoms with van der Waals surface area (Å²) in [5.74, 6) is 0.173. The van der Waals surface area contributed by atoms with E-state index < -0.39 is 0 Å². The van der Waals surface area contributed by atoms with E-state index in [2.05, 4.69) is 18.8 Å². The number of nitrogens with zero attached hydrogens (tertiary/aromatic N) is 2. The van der Waals surface area contributed by atoms with Crippen LogP contribution in [-0.4, -0.2) is 27.3 Å². The van der Waals surface area contributed by atoms with Gasteiger partial charge in [0.2, 0.25) is 5.91 Å². The summed E-state index contributed by atoms with van der Waals surface area (Å²) >= 11 is 2.81. The van der Waals surface area contributed by atoms with Gasteiger partial charge in [0.1, 0.15) is 4.83 Å². The predicted molar refractivity (Wildman–Crippen MR) is 127 cm³/mol. The van der Waals surface area contributed by atoms with Crippen LogP contribution in [0, 0.1) is 6.92 Å². The van der Waals surface area contributed by atoms with Crippen LogP contribution in [0.1, 0.15) is 32.3 Å². The zero-order valence-electron chi connectivity index (χ0n) is 17.6. The number of amides is 1. The van der Waals surface area contributed by atoms with Crippen LogP contribution in [0.5, 0.6) is 0 Å². The summed E-state index contributed by atoms with van der Waals surface area (Å²) in [4.78, 5) is 32.1. The summed E-state index contributed by atoms with van der Waals surface area (Å²) in [5, 5.41) is 4.19. The zero-order chi connectivity index (χ0) is 21.7. The molecule has 0 radical (unpaired) electrons. The van der Waals surface area contributed by atoms with Gasteiger partial charge in [0.25, 0.3) is 5.56 Å². The van der Waals surface area contributed by atoms with Crippen molar-refractivity contribution in [3.63, 3.8) is 0 Å². The number of carbonyl (C=O) groups excluding carboxylic acids is 1. The van der Waals surface area contributed by atoms with E-state index in [4.69, 9.17) is 4.98 Å². The lowest BCUT2D eigenvalue weighted by molar-refractivity contribution is -0.119. The summed E-state index contributed by atoms with van der Waals surface area (Å²) in [6, 6.07) is 10.2. The zero-order valence-corrected chi connectivity index (χ0v) is 19.2. The van der Waals surface area contributed by atoms with Crippen molar-refractivity contribution in [3.05, 3.63) is 58.9 Å². The molecule has 1 amide bonds. The van der Waals surface area contributed by atoms with E-state index in [1.807, 2.05) is 44.2 Å². The number of carbonyl (C=O) groups is 1. The van der Waals surface area contributed by atoms with E-state index in [9.17, 15) is 9.59 Å². The average Bonchev–Trinajstić information content (AvgIpc) is 3.06. The minimum atomic E-state index is -0.0851. The molecule has 30 heavy (non-hydrogen) atoms. The van der Waals surface area contributed by atoms with E-state index in [0.717, 1.165) is 28.8 Å². The van der Waals surface area contributed by atoms with Crippen molar-refractivity contribution in [2.45, 2.75) is 51.4 Å². The molecule has 0 bridgehead atoms. The largest absolute Gasteiger partial charge is 0.353 e. The Kier molecular flexibility index (Phi) is 7.50. The van der Waals surface area contributed by atoms with Crippen molar-refractivity contribution in [1.82, 2.24) is 14.9 Å². The van der Waals surface area contributed by atoms with Gasteiger partial charge >= 0.3 is 0 Å². The van der Waals surface area contributed by atoms with Gasteiger partial charge in [-0.05, 0) is 31.4 Å². The third-order valence-electron chi connectivity index (χ3n) is 4.82. The quantitative estimate of drug-likeness (QED) is 0.288. The molecule has 2 heterocycles. The number of rotatable bonds is 9. The molecule has 3 rings (SSSR count). The first-order valence-electron chi connectivity index (χ1n) is 10.1. The number of nitrogens with one attached hydrogen (secondary N) is 1. The summed E-state index contributed by atoms with van der Waals surface area (Å²) in [6.07, 6.45) is 3.65. The highest BCUT2D eigenvalue weighted by molar-refractivity contribution is 7.99. The number of hydrogen-bond acceptors (Lipinski definition) is 5. The molecule has 1 aromatic carbocycles. The minimum Gasteiger partial charge on any atom is -0.353 e. The highest BCUT2D eigenvalue weighted by Gasteiger charge is 2.19. The fourth-order valence-corrected chi connectivity index (χ4v) is 5.46. The summed E-state index contributed by atoms with van der Waals surface area (Å²) in [7, 11) is 0. The number of allylic oxidation sites excluding steroid dienone is 1. The Morgan fingerprint density at radius 2 is 2.10 bits per heavy atom. The normalized spacial score (nSPS) is 12.1. The molecule has 0 fully saturated rings. The lowest BCUT2D eigenvalue weighted by atomic mass is 10.1. The molecule has 2 aromatic heterocycles. The van der Waals surface area contributed by atoms with Gasteiger partial charge in [-0.2, -0.15) is 0 Å². The maximum absolute atomic E-state index is 13.3. The van der Waals surface area contributed by atoms with Crippen molar-refractivity contribution >= 4 is 39.2 Å². The molecule has 0 aliphatic rings. The number of thiophene rings is 1. The van der Waals surface area contributed by atoms with Gasteiger partial charge in [-0.25, -0.2) is 4.98 Å². The SMILES string of the molecule is C=CCn1c(SCC(=O)N[C@H](C)CCC)nc2sc(-c3ccccc3)c(C)c2c1=O. The first-order valence-corrected chi connectivity index (χ1v) is 11.9. The van der Waals surface area contributed by atoms with Crippen molar-refractivity contribution in [1.29, 1.82) is 0 Å². The second-order valence-corrected chi connectivity index (χ2v) is 9.19. The first kappa shape index (κ1) is 22.3. The molecule has 5 nitrogen and oxygen atoms in total. The third-order valence-corrected chi connectivity index (χ3v) is 7.04. The Bertz CT molecular complexity index is 1100. The molecule has 0 saturated heterocycles. The number of aryl methyl sites for hydroxylation is 1. The van der Waals surface area contributed by atoms with Gasteiger partial charge < -0.3 is 5.32 Å². The molecular weight excluding hydrogens is 414 g/mol. The van der Waals surface area contributed by atoms with Crippen molar-refractivity contribution in [2.75, 3.05) is 5.75 Å². The molecule has 3 aromatic rings. The van der Waals surface area contributed by atoms with Gasteiger partial charge in [-0.3, -0.25) is 14.2 Å². The number of fused-ring (bicyclic) bond motifs is 1. The number of thioether (sulfide) groups is 1. The Labute approximate surface area is 185 Å². The van der Waals surface area contributed by atoms with Crippen LogP contribution in [0.25, 0.3) is 20.7 Å². The van der Waals surface area contributed by atoms with E-state index in [0.29, 0.717) is 21.9 Å². The second kappa shape index (κ2) is 10.1. The lowest BCUT2D eigenvalue weighted by Gasteiger charge is -2.13. The van der Waals surface area contributed by atoms with E-state index in [1.165, 1.54) is 23.1 Å². The van der Waals surface area contributed by atoms with Crippen LogP contribution < -0.4 is 10.9 Å². The van der Waals surface area contributed by atoms with Crippen LogP contribution >= 0.6 is 23.1 Å². The predicted octanol–water partition coefficient (Wildman–Crippen LogP) is 5.02. The van der Waals surface area contributed by atoms with Crippen LogP contribution in [0.3, 0.4) is 0 Å². The van der Waals surface area contributed by atoms with E-state index in [-0.39, 0.29) is 23.3 Å². The van der Waals surface area contributed by atoms with Gasteiger partial charge in [0.05, 0.1) is 11.1 Å². The van der Waals surface area contributed by atoms with Gasteiger partial charge in [0, 0.05) is 17.5 Å². The summed E-state index contributed by atoms with van der Waals surface area (Å²) in [5.41, 5.74) is 1.93. The van der Waals surface area contributed by atoms with E-state index >= 15 is 0 Å². The number of benzene rings is 1. The Balaban J connectivity index is 1.96. The molecule has 0 spiro atoms. The van der Waals surface area contributed by atoms with E-state index in [1.54, 1.807) is 10.6 Å². The molecule has 1 N–H and O–H groups in total. The number of hydrogen-bond donors (Lipinski definition) is 1. The minimum absolute atomic E-state index is 0.0483. The van der Waals surface area contributed by atoms with Crippen molar-refractivity contribution < 1.29 is 4.79 Å². The second-order valence-electron chi connectivity index (χ2n) is 7.25. The molecule has 1 atom stereocenters. The first-order chi connectivity index (χ1) is 14.5. The third kappa shape index (κ3) is 4.84. The highest BCUT2D eigenvalue weighted by Crippen LogP contribution is 2.36. The average molecular weight is 442 g/mol. The molecular formula is C23H27N3O2S2. The molecule has 0 aliphatic heterocycles. The fourth-order valence-electron chi connectivity index (χ4n) is 3.41. The Morgan fingerprint density at radius 3 is 2.77 bits per heavy atom. The van der Waals surface area contributed by atoms with Crippen LogP contribution in [-0.2, 0) is 11.3 Å². The Hall–Kier alpha value is -2.38. The van der Waals surface area contributed by atoms with Gasteiger partial charge in [-0.15, -0.1) is 17.9 Å². The van der Waals surface area contributed by atoms with Crippen LogP contribution in [0.15, 0.2) is 52.9 Å². The molecule has 0 unspecified atom stereocenters. The maximum Gasteiger partial charge on any atom is 0.263 e. The monoisotopic (exact) mass is 441 g/mol. The number of aromatic nitrogens is 2. The summed E-state index contributed by atoms with van der Waals surface area (Å²) in [6.45, 7) is 10.2. The van der Waals surface area contributed by atoms with Crippen molar-refractivity contribution in [2.24, 2.45) is 0 Å². The molecule has 0 saturated carbocycles. The van der Waals surface area contributed by atoms with Crippen molar-refractivity contribution in [3.8, 4) is 10.4 Å². The smallest absolute Gasteiger partial charge is 0.263 e. The topological polar surface area (TPSA) is 64.0 Å². The molecule has 158 valence electrons. The van der Waals surface area contributed by atoms with Crippen LogP contribution in [0.2, 0.25) is 0 Å². The van der Waals surface area contributed by atoms with Crippen LogP contribution in [0.4, 0.5) is 0 Å². The Morgan fingerprint density at radius 1 is 1.37 bits per heavy atom. The van der Waals surface area contributed by atoms with Gasteiger partial charge in [-0.1, -0.05) is 61.5 Å². The standard InChI is InChI=1S/C23H27N3O2S2/c1-5-10-15(3)24-18(27)14-29-23-25-21-19(22(28)26(23)13-6-2)16(4)20(30-21)17-11-8-7-9-12-17/h6-9,11-12,15H,2,5,10,13-14H2,1,3-4H3,(H,24,27)/t15-/m1/s1. The maximum atomic E-state index is 13.3. The fraction of sp³-hybridized carbons (Fsp3) is 0.348. The highest BCUT2D eigenvalue weighted by atomic mass is 32.2. The lowest BCUT2D eigenvalue weighted by Crippen LogP contribution is -2.34. The van der Waals surface area contributed by atoms with Gasteiger partial charge in [0.15, 0.2) is 5.16 Å².